The molecule has 4 nitrogen and oxygen atoms in total. The fraction of sp³-hybridized carbons (Fsp3) is 0.0870. The van der Waals surface area contributed by atoms with Gasteiger partial charge in [0.15, 0.2) is 0 Å². The summed E-state index contributed by atoms with van der Waals surface area (Å²) in [5.41, 5.74) is 5.73. The maximum Gasteiger partial charge on any atom is 0.118 e. The third-order valence-corrected chi connectivity index (χ3v) is 4.52. The Morgan fingerprint density at radius 1 is 0.852 bits per heavy atom. The highest BCUT2D eigenvalue weighted by Crippen LogP contribution is 2.31. The summed E-state index contributed by atoms with van der Waals surface area (Å²) in [4.78, 5) is 0. The normalized spacial score (nSPS) is 10.7. The second-order valence-corrected chi connectivity index (χ2v) is 6.20. The van der Waals surface area contributed by atoms with Gasteiger partial charge in [-0.25, -0.2) is 4.68 Å². The van der Waals surface area contributed by atoms with E-state index in [-0.39, 0.29) is 6.61 Å². The van der Waals surface area contributed by atoms with Crippen molar-refractivity contribution in [1.82, 2.24) is 9.78 Å². The van der Waals surface area contributed by atoms with Crippen LogP contribution in [0.15, 0.2) is 84.9 Å². The number of methoxy groups -OCH3 is 1. The van der Waals surface area contributed by atoms with Crippen molar-refractivity contribution in [3.8, 4) is 33.8 Å². The Kier molecular flexibility index (Phi) is 4.73. The zero-order valence-corrected chi connectivity index (χ0v) is 15.0. The molecule has 0 radical (unpaired) electrons. The van der Waals surface area contributed by atoms with Crippen molar-refractivity contribution in [3.05, 3.63) is 90.6 Å². The van der Waals surface area contributed by atoms with E-state index >= 15 is 0 Å². The number of hydrogen-bond acceptors (Lipinski definition) is 3. The molecule has 0 atom stereocenters. The molecular formula is C23H20N2O2. The molecule has 0 unspecified atom stereocenters. The van der Waals surface area contributed by atoms with Crippen LogP contribution in [0.5, 0.6) is 5.75 Å². The lowest BCUT2D eigenvalue weighted by molar-refractivity contribution is 0.276. The van der Waals surface area contributed by atoms with Gasteiger partial charge in [0.05, 0.1) is 30.8 Å². The maximum atomic E-state index is 9.62. The van der Waals surface area contributed by atoms with Crippen LogP contribution in [-0.4, -0.2) is 22.0 Å². The molecule has 4 aromatic rings. The molecule has 0 bridgehead atoms. The van der Waals surface area contributed by atoms with Gasteiger partial charge in [0, 0.05) is 11.1 Å². The van der Waals surface area contributed by atoms with Crippen molar-refractivity contribution in [3.63, 3.8) is 0 Å². The summed E-state index contributed by atoms with van der Waals surface area (Å²) in [6, 6.07) is 28.1. The van der Waals surface area contributed by atoms with Crippen molar-refractivity contribution in [2.45, 2.75) is 6.61 Å². The van der Waals surface area contributed by atoms with Crippen LogP contribution >= 0.6 is 0 Å². The van der Waals surface area contributed by atoms with Crippen molar-refractivity contribution < 1.29 is 9.84 Å². The largest absolute Gasteiger partial charge is 0.497 e. The quantitative estimate of drug-likeness (QED) is 0.563. The minimum Gasteiger partial charge on any atom is -0.497 e. The third kappa shape index (κ3) is 3.35. The van der Waals surface area contributed by atoms with Gasteiger partial charge in [-0.2, -0.15) is 5.10 Å². The summed E-state index contributed by atoms with van der Waals surface area (Å²) in [6.45, 7) is -0.0997. The predicted molar refractivity (Wildman–Crippen MR) is 107 cm³/mol. The van der Waals surface area contributed by atoms with E-state index in [0.29, 0.717) is 5.69 Å². The number of hydrogen-bond donors (Lipinski definition) is 1. The molecule has 0 spiro atoms. The predicted octanol–water partition coefficient (Wildman–Crippen LogP) is 4.71. The van der Waals surface area contributed by atoms with E-state index in [4.69, 9.17) is 4.74 Å². The van der Waals surface area contributed by atoms with Crippen LogP contribution in [0.3, 0.4) is 0 Å². The van der Waals surface area contributed by atoms with Gasteiger partial charge in [-0.1, -0.05) is 60.7 Å². The molecule has 0 aliphatic heterocycles. The lowest BCUT2D eigenvalue weighted by Gasteiger charge is -2.13. The standard InChI is InChI=1S/C23H20N2O2/c1-27-20-13-11-17(12-14-20)21-9-5-6-10-22(21)25-23(15-19(16-26)24-25)18-7-3-2-4-8-18/h2-15,26H,16H2,1H3. The monoisotopic (exact) mass is 356 g/mol. The number of rotatable bonds is 5. The summed E-state index contributed by atoms with van der Waals surface area (Å²) < 4.78 is 7.17. The minimum atomic E-state index is -0.0997. The first-order valence-electron chi connectivity index (χ1n) is 8.79. The number of aliphatic hydroxyl groups excluding tert-OH is 1. The summed E-state index contributed by atoms with van der Waals surface area (Å²) in [7, 11) is 1.66. The zero-order chi connectivity index (χ0) is 18.6. The Bertz CT molecular complexity index is 1040. The molecule has 0 saturated heterocycles. The number of ether oxygens (including phenoxy) is 1. The van der Waals surface area contributed by atoms with Gasteiger partial charge >= 0.3 is 0 Å². The Labute approximate surface area is 158 Å². The summed E-state index contributed by atoms with van der Waals surface area (Å²) >= 11 is 0. The molecule has 4 rings (SSSR count). The van der Waals surface area contributed by atoms with Gasteiger partial charge in [-0.15, -0.1) is 0 Å². The molecule has 1 N–H and O–H groups in total. The van der Waals surface area contributed by atoms with E-state index in [1.54, 1.807) is 7.11 Å². The van der Waals surface area contributed by atoms with Crippen molar-refractivity contribution in [2.24, 2.45) is 0 Å². The lowest BCUT2D eigenvalue weighted by Crippen LogP contribution is -2.02. The van der Waals surface area contributed by atoms with E-state index < -0.39 is 0 Å². The summed E-state index contributed by atoms with van der Waals surface area (Å²) in [5, 5.41) is 14.3. The van der Waals surface area contributed by atoms with E-state index in [9.17, 15) is 5.11 Å². The topological polar surface area (TPSA) is 47.3 Å². The van der Waals surface area contributed by atoms with Gasteiger partial charge in [0.1, 0.15) is 5.75 Å². The molecule has 1 heterocycles. The second kappa shape index (κ2) is 7.48. The molecule has 27 heavy (non-hydrogen) atoms. The Hall–Kier alpha value is -3.37. The van der Waals surface area contributed by atoms with Crippen LogP contribution in [0.25, 0.3) is 28.1 Å². The van der Waals surface area contributed by atoms with Crippen molar-refractivity contribution >= 4 is 0 Å². The van der Waals surface area contributed by atoms with E-state index in [1.807, 2.05) is 83.5 Å². The Morgan fingerprint density at radius 2 is 1.56 bits per heavy atom. The fourth-order valence-corrected chi connectivity index (χ4v) is 3.18. The zero-order valence-electron chi connectivity index (χ0n) is 15.0. The second-order valence-electron chi connectivity index (χ2n) is 6.20. The fourth-order valence-electron chi connectivity index (χ4n) is 3.18. The number of aromatic nitrogens is 2. The SMILES string of the molecule is COc1ccc(-c2ccccc2-n2nc(CO)cc2-c2ccccc2)cc1. The highest BCUT2D eigenvalue weighted by atomic mass is 16.5. The average Bonchev–Trinajstić information content (AvgIpc) is 3.19. The highest BCUT2D eigenvalue weighted by molar-refractivity contribution is 5.75. The molecule has 0 fully saturated rings. The van der Waals surface area contributed by atoms with E-state index in [0.717, 1.165) is 33.8 Å². The average molecular weight is 356 g/mol. The summed E-state index contributed by atoms with van der Waals surface area (Å²) in [5.74, 6) is 0.822. The molecule has 4 heteroatoms. The number of para-hydroxylation sites is 1. The van der Waals surface area contributed by atoms with Crippen LogP contribution in [0.1, 0.15) is 5.69 Å². The van der Waals surface area contributed by atoms with Crippen LogP contribution in [0, 0.1) is 0 Å². The first kappa shape index (κ1) is 17.1. The van der Waals surface area contributed by atoms with Crippen LogP contribution < -0.4 is 4.74 Å². The van der Waals surface area contributed by atoms with Gasteiger partial charge in [0.25, 0.3) is 0 Å². The Morgan fingerprint density at radius 3 is 2.26 bits per heavy atom. The van der Waals surface area contributed by atoms with Gasteiger partial charge in [0.2, 0.25) is 0 Å². The van der Waals surface area contributed by atoms with E-state index in [1.165, 1.54) is 0 Å². The third-order valence-electron chi connectivity index (χ3n) is 4.52. The van der Waals surface area contributed by atoms with Crippen molar-refractivity contribution in [2.75, 3.05) is 7.11 Å². The van der Waals surface area contributed by atoms with Crippen LogP contribution in [0.4, 0.5) is 0 Å². The van der Waals surface area contributed by atoms with Gasteiger partial charge in [-0.05, 0) is 29.8 Å². The first-order valence-corrected chi connectivity index (χ1v) is 8.79. The van der Waals surface area contributed by atoms with Gasteiger partial charge in [-0.3, -0.25) is 0 Å². The van der Waals surface area contributed by atoms with E-state index in [2.05, 4.69) is 11.2 Å². The molecule has 3 aromatic carbocycles. The maximum absolute atomic E-state index is 9.62. The lowest BCUT2D eigenvalue weighted by atomic mass is 10.0. The van der Waals surface area contributed by atoms with Crippen LogP contribution in [-0.2, 0) is 6.61 Å². The summed E-state index contributed by atoms with van der Waals surface area (Å²) in [6.07, 6.45) is 0. The number of benzene rings is 3. The molecule has 134 valence electrons. The Balaban J connectivity index is 1.88. The molecule has 0 aliphatic carbocycles. The first-order chi connectivity index (χ1) is 13.3. The molecule has 0 amide bonds. The molecule has 0 aliphatic rings. The number of aliphatic hydroxyl groups is 1. The highest BCUT2D eigenvalue weighted by Gasteiger charge is 2.15. The van der Waals surface area contributed by atoms with Crippen molar-refractivity contribution in [1.29, 1.82) is 0 Å². The van der Waals surface area contributed by atoms with Crippen LogP contribution in [0.2, 0.25) is 0 Å². The molecule has 0 saturated carbocycles. The molecule has 1 aromatic heterocycles. The van der Waals surface area contributed by atoms with Gasteiger partial charge < -0.3 is 9.84 Å². The smallest absolute Gasteiger partial charge is 0.118 e. The molecular weight excluding hydrogens is 336 g/mol. The number of nitrogens with zero attached hydrogens (tertiary/aromatic N) is 2. The minimum absolute atomic E-state index is 0.0997.